The van der Waals surface area contributed by atoms with Crippen molar-refractivity contribution in [3.05, 3.63) is 23.4 Å². The number of aryl methyl sites for hydroxylation is 1. The van der Waals surface area contributed by atoms with Gasteiger partial charge in [0.05, 0.1) is 16.8 Å². The standard InChI is InChI=1S/C14H23BN2O2/c1-10-7-11(9-16-6)12(17-8-10)15-18-13(2,3)14(4,5)19-15/h7-8,16H,9H2,1-6H3. The quantitative estimate of drug-likeness (QED) is 0.836. The largest absolute Gasteiger partial charge is 0.514 e. The molecule has 0 spiro atoms. The molecule has 5 heteroatoms. The summed E-state index contributed by atoms with van der Waals surface area (Å²) in [5.41, 5.74) is 2.48. The molecule has 0 unspecified atom stereocenters. The van der Waals surface area contributed by atoms with Crippen LogP contribution in [0.2, 0.25) is 0 Å². The van der Waals surface area contributed by atoms with Gasteiger partial charge in [-0.1, -0.05) is 6.07 Å². The number of nitrogens with one attached hydrogen (secondary N) is 1. The molecule has 0 saturated carbocycles. The van der Waals surface area contributed by atoms with E-state index in [-0.39, 0.29) is 11.2 Å². The minimum Gasteiger partial charge on any atom is -0.398 e. The summed E-state index contributed by atoms with van der Waals surface area (Å²) in [7, 11) is 1.53. The fourth-order valence-electron chi connectivity index (χ4n) is 2.14. The van der Waals surface area contributed by atoms with Crippen molar-refractivity contribution in [3.63, 3.8) is 0 Å². The summed E-state index contributed by atoms with van der Waals surface area (Å²) in [5.74, 6) is 0. The Balaban J connectivity index is 2.34. The number of aromatic nitrogens is 1. The molecule has 19 heavy (non-hydrogen) atoms. The average Bonchev–Trinajstić information content (AvgIpc) is 2.48. The van der Waals surface area contributed by atoms with Crippen LogP contribution in [0.4, 0.5) is 0 Å². The molecule has 0 aliphatic carbocycles. The highest BCUT2D eigenvalue weighted by Crippen LogP contribution is 2.36. The summed E-state index contributed by atoms with van der Waals surface area (Å²) in [6.07, 6.45) is 1.86. The van der Waals surface area contributed by atoms with Gasteiger partial charge in [-0.15, -0.1) is 0 Å². The van der Waals surface area contributed by atoms with Crippen molar-refractivity contribution >= 4 is 12.7 Å². The van der Waals surface area contributed by atoms with Crippen molar-refractivity contribution < 1.29 is 9.31 Å². The maximum atomic E-state index is 6.06. The van der Waals surface area contributed by atoms with Crippen LogP contribution in [0.25, 0.3) is 0 Å². The van der Waals surface area contributed by atoms with Gasteiger partial charge in [0, 0.05) is 12.7 Å². The molecular weight excluding hydrogens is 239 g/mol. The zero-order valence-electron chi connectivity index (χ0n) is 12.7. The fourth-order valence-corrected chi connectivity index (χ4v) is 2.14. The molecular formula is C14H23BN2O2. The van der Waals surface area contributed by atoms with Gasteiger partial charge in [-0.25, -0.2) is 0 Å². The maximum absolute atomic E-state index is 6.06. The van der Waals surface area contributed by atoms with Crippen LogP contribution in [-0.4, -0.2) is 30.4 Å². The van der Waals surface area contributed by atoms with Gasteiger partial charge >= 0.3 is 7.12 Å². The third-order valence-electron chi connectivity index (χ3n) is 3.98. The average molecular weight is 262 g/mol. The Labute approximate surface area is 116 Å². The highest BCUT2D eigenvalue weighted by molar-refractivity contribution is 6.61. The molecule has 1 aliphatic heterocycles. The van der Waals surface area contributed by atoms with Gasteiger partial charge in [0.25, 0.3) is 0 Å². The zero-order valence-corrected chi connectivity index (χ0v) is 12.7. The van der Waals surface area contributed by atoms with Gasteiger partial charge in [-0.05, 0) is 52.8 Å². The highest BCUT2D eigenvalue weighted by atomic mass is 16.7. The first kappa shape index (κ1) is 14.5. The second kappa shape index (κ2) is 4.89. The molecule has 1 fully saturated rings. The van der Waals surface area contributed by atoms with Gasteiger partial charge in [-0.2, -0.15) is 0 Å². The lowest BCUT2D eigenvalue weighted by Gasteiger charge is -2.32. The molecule has 104 valence electrons. The summed E-state index contributed by atoms with van der Waals surface area (Å²) in [6, 6.07) is 2.13. The van der Waals surface area contributed by atoms with Crippen molar-refractivity contribution in [2.45, 2.75) is 52.4 Å². The number of nitrogens with zero attached hydrogens (tertiary/aromatic N) is 1. The van der Waals surface area contributed by atoms with E-state index in [9.17, 15) is 0 Å². The number of hydrogen-bond acceptors (Lipinski definition) is 4. The molecule has 0 bridgehead atoms. The summed E-state index contributed by atoms with van der Waals surface area (Å²) in [5, 5.41) is 3.17. The lowest BCUT2D eigenvalue weighted by atomic mass is 9.80. The Morgan fingerprint density at radius 3 is 2.32 bits per heavy atom. The van der Waals surface area contributed by atoms with E-state index in [1.807, 2.05) is 20.2 Å². The molecule has 2 rings (SSSR count). The molecule has 0 amide bonds. The lowest BCUT2D eigenvalue weighted by molar-refractivity contribution is 0.00578. The minimum atomic E-state index is -0.394. The van der Waals surface area contributed by atoms with Gasteiger partial charge < -0.3 is 14.6 Å². The predicted octanol–water partition coefficient (Wildman–Crippen LogP) is 1.41. The number of pyridine rings is 1. The third-order valence-corrected chi connectivity index (χ3v) is 3.98. The molecule has 0 atom stereocenters. The van der Waals surface area contributed by atoms with Crippen LogP contribution in [0.5, 0.6) is 0 Å². The van der Waals surface area contributed by atoms with E-state index in [0.29, 0.717) is 0 Å². The Morgan fingerprint density at radius 2 is 1.79 bits per heavy atom. The molecule has 1 saturated heterocycles. The topological polar surface area (TPSA) is 43.4 Å². The summed E-state index contributed by atoms with van der Waals surface area (Å²) >= 11 is 0. The van der Waals surface area contributed by atoms with E-state index < -0.39 is 7.12 Å². The molecule has 1 N–H and O–H groups in total. The van der Waals surface area contributed by atoms with Crippen LogP contribution in [0.15, 0.2) is 12.3 Å². The van der Waals surface area contributed by atoms with E-state index in [2.05, 4.69) is 44.1 Å². The van der Waals surface area contributed by atoms with Gasteiger partial charge in [0.15, 0.2) is 0 Å². The van der Waals surface area contributed by atoms with Crippen molar-refractivity contribution in [2.75, 3.05) is 7.05 Å². The summed E-state index contributed by atoms with van der Waals surface area (Å²) in [4.78, 5) is 4.52. The predicted molar refractivity (Wildman–Crippen MR) is 77.5 cm³/mol. The minimum absolute atomic E-state index is 0.332. The van der Waals surface area contributed by atoms with Crippen molar-refractivity contribution in [2.24, 2.45) is 0 Å². The van der Waals surface area contributed by atoms with E-state index in [1.54, 1.807) is 0 Å². The Bertz CT molecular complexity index is 459. The second-order valence-electron chi connectivity index (χ2n) is 6.18. The Hall–Kier alpha value is -0.905. The van der Waals surface area contributed by atoms with Crippen LogP contribution in [0.1, 0.15) is 38.8 Å². The lowest BCUT2D eigenvalue weighted by Crippen LogP contribution is -2.41. The van der Waals surface area contributed by atoms with E-state index in [4.69, 9.17) is 9.31 Å². The number of rotatable bonds is 3. The first-order chi connectivity index (χ1) is 8.77. The molecule has 0 aromatic carbocycles. The third kappa shape index (κ3) is 2.68. The second-order valence-corrected chi connectivity index (χ2v) is 6.18. The van der Waals surface area contributed by atoms with Gasteiger partial charge in [0.2, 0.25) is 0 Å². The first-order valence-electron chi connectivity index (χ1n) is 6.72. The van der Waals surface area contributed by atoms with Crippen molar-refractivity contribution in [3.8, 4) is 0 Å². The van der Waals surface area contributed by atoms with Crippen molar-refractivity contribution in [1.29, 1.82) is 0 Å². The van der Waals surface area contributed by atoms with Crippen LogP contribution in [0.3, 0.4) is 0 Å². The molecule has 2 heterocycles. The molecule has 4 nitrogen and oxygen atoms in total. The van der Waals surface area contributed by atoms with Gasteiger partial charge in [0.1, 0.15) is 0 Å². The SMILES string of the molecule is CNCc1cc(C)cnc1B1OC(C)(C)C(C)(C)O1. The molecule has 1 aromatic heterocycles. The Morgan fingerprint density at radius 1 is 1.21 bits per heavy atom. The van der Waals surface area contributed by atoms with Crippen LogP contribution < -0.4 is 10.9 Å². The smallest absolute Gasteiger partial charge is 0.398 e. The van der Waals surface area contributed by atoms with Crippen LogP contribution >= 0.6 is 0 Å². The highest BCUT2D eigenvalue weighted by Gasteiger charge is 2.52. The van der Waals surface area contributed by atoms with Crippen LogP contribution in [0, 0.1) is 6.92 Å². The normalized spacial score (nSPS) is 20.8. The fraction of sp³-hybridized carbons (Fsp3) is 0.643. The summed E-state index contributed by atoms with van der Waals surface area (Å²) in [6.45, 7) is 11.0. The van der Waals surface area contributed by atoms with Gasteiger partial charge in [-0.3, -0.25) is 4.98 Å². The van der Waals surface area contributed by atoms with Crippen molar-refractivity contribution in [1.82, 2.24) is 10.3 Å². The maximum Gasteiger partial charge on any atom is 0.514 e. The summed E-state index contributed by atoms with van der Waals surface area (Å²) < 4.78 is 12.1. The van der Waals surface area contributed by atoms with Crippen LogP contribution in [-0.2, 0) is 15.9 Å². The first-order valence-corrected chi connectivity index (χ1v) is 6.72. The molecule has 1 aromatic rings. The zero-order chi connectivity index (χ0) is 14.3. The van der Waals surface area contributed by atoms with E-state index in [0.717, 1.165) is 23.3 Å². The Kier molecular flexibility index (Phi) is 3.73. The van der Waals surface area contributed by atoms with E-state index in [1.165, 1.54) is 0 Å². The monoisotopic (exact) mass is 262 g/mol. The van der Waals surface area contributed by atoms with E-state index >= 15 is 0 Å². The molecule has 1 aliphatic rings. The number of hydrogen-bond donors (Lipinski definition) is 1. The molecule has 0 radical (unpaired) electrons.